The fourth-order valence-electron chi connectivity index (χ4n) is 3.65. The van der Waals surface area contributed by atoms with Gasteiger partial charge in [-0.25, -0.2) is 9.18 Å². The fourth-order valence-corrected chi connectivity index (χ4v) is 3.65. The van der Waals surface area contributed by atoms with Gasteiger partial charge in [-0.2, -0.15) is 0 Å². The minimum absolute atomic E-state index is 0.0295. The molecule has 0 aliphatic carbocycles. The second-order valence-corrected chi connectivity index (χ2v) is 8.04. The van der Waals surface area contributed by atoms with Gasteiger partial charge < -0.3 is 15.5 Å². The highest BCUT2D eigenvalue weighted by Crippen LogP contribution is 2.18. The van der Waals surface area contributed by atoms with Crippen molar-refractivity contribution in [3.05, 3.63) is 65.5 Å². The van der Waals surface area contributed by atoms with E-state index in [4.69, 9.17) is 0 Å². The number of carbonyl (C=O) groups is 2. The van der Waals surface area contributed by atoms with E-state index in [2.05, 4.69) is 15.5 Å². The smallest absolute Gasteiger partial charge is 0.319 e. The van der Waals surface area contributed by atoms with Crippen molar-refractivity contribution in [2.75, 3.05) is 25.0 Å². The van der Waals surface area contributed by atoms with Gasteiger partial charge in [0, 0.05) is 49.5 Å². The van der Waals surface area contributed by atoms with Crippen LogP contribution in [0.25, 0.3) is 0 Å². The predicted molar refractivity (Wildman–Crippen MR) is 116 cm³/mol. The van der Waals surface area contributed by atoms with E-state index in [1.54, 1.807) is 36.4 Å². The van der Waals surface area contributed by atoms with Crippen LogP contribution < -0.4 is 10.6 Å². The zero-order valence-electron chi connectivity index (χ0n) is 17.7. The highest BCUT2D eigenvalue weighted by Gasteiger charge is 2.28. The summed E-state index contributed by atoms with van der Waals surface area (Å²) in [6, 6.07) is 13.3. The van der Waals surface area contributed by atoms with Crippen molar-refractivity contribution in [1.82, 2.24) is 15.1 Å². The van der Waals surface area contributed by atoms with E-state index in [0.29, 0.717) is 17.8 Å². The molecule has 2 aromatic carbocycles. The summed E-state index contributed by atoms with van der Waals surface area (Å²) in [6.07, 6.45) is 0. The lowest BCUT2D eigenvalue weighted by Crippen LogP contribution is -2.53. The summed E-state index contributed by atoms with van der Waals surface area (Å²) in [5.74, 6) is -0.280. The minimum Gasteiger partial charge on any atom is -0.336 e. The molecule has 7 heteroatoms. The van der Waals surface area contributed by atoms with Crippen LogP contribution in [-0.2, 0) is 6.54 Å². The van der Waals surface area contributed by atoms with Crippen molar-refractivity contribution in [3.8, 4) is 0 Å². The average molecular weight is 413 g/mol. The maximum Gasteiger partial charge on any atom is 0.319 e. The number of piperazine rings is 1. The van der Waals surface area contributed by atoms with Gasteiger partial charge in [0.25, 0.3) is 5.91 Å². The molecule has 0 bridgehead atoms. The summed E-state index contributed by atoms with van der Waals surface area (Å²) >= 11 is 0. The van der Waals surface area contributed by atoms with Crippen molar-refractivity contribution < 1.29 is 14.0 Å². The quantitative estimate of drug-likeness (QED) is 0.787. The summed E-state index contributed by atoms with van der Waals surface area (Å²) in [5.41, 5.74) is 2.19. The number of carbonyl (C=O) groups excluding carboxylic acids is 2. The van der Waals surface area contributed by atoms with Crippen molar-refractivity contribution >= 4 is 17.6 Å². The van der Waals surface area contributed by atoms with Crippen LogP contribution in [0.1, 0.15) is 36.7 Å². The lowest BCUT2D eigenvalue weighted by atomic mass is 10.1. The molecule has 30 heavy (non-hydrogen) atoms. The lowest BCUT2D eigenvalue weighted by molar-refractivity contribution is 0.0475. The Morgan fingerprint density at radius 2 is 1.87 bits per heavy atom. The second-order valence-electron chi connectivity index (χ2n) is 8.04. The van der Waals surface area contributed by atoms with Crippen LogP contribution >= 0.6 is 0 Å². The highest BCUT2D eigenvalue weighted by molar-refractivity contribution is 5.97. The van der Waals surface area contributed by atoms with Crippen LogP contribution in [0.2, 0.25) is 0 Å². The molecule has 1 atom stereocenters. The highest BCUT2D eigenvalue weighted by atomic mass is 19.1. The molecule has 0 radical (unpaired) electrons. The van der Waals surface area contributed by atoms with Crippen molar-refractivity contribution in [2.45, 2.75) is 39.4 Å². The third kappa shape index (κ3) is 5.79. The third-order valence-electron chi connectivity index (χ3n) is 5.08. The number of hydrogen-bond acceptors (Lipinski definition) is 3. The van der Waals surface area contributed by atoms with Crippen LogP contribution in [0, 0.1) is 5.82 Å². The first-order chi connectivity index (χ1) is 14.3. The maximum atomic E-state index is 13.1. The van der Waals surface area contributed by atoms with Gasteiger partial charge in [0.05, 0.1) is 0 Å². The van der Waals surface area contributed by atoms with E-state index in [-0.39, 0.29) is 29.8 Å². The number of nitrogens with zero attached hydrogens (tertiary/aromatic N) is 2. The Morgan fingerprint density at radius 3 is 2.53 bits per heavy atom. The molecule has 1 fully saturated rings. The maximum absolute atomic E-state index is 13.1. The predicted octanol–water partition coefficient (Wildman–Crippen LogP) is 3.70. The number of halogens is 1. The molecule has 3 amide bonds. The lowest BCUT2D eigenvalue weighted by Gasteiger charge is -2.40. The first-order valence-electron chi connectivity index (χ1n) is 10.3. The van der Waals surface area contributed by atoms with Crippen molar-refractivity contribution in [1.29, 1.82) is 0 Å². The van der Waals surface area contributed by atoms with E-state index in [9.17, 15) is 14.0 Å². The van der Waals surface area contributed by atoms with Crippen LogP contribution in [0.5, 0.6) is 0 Å². The summed E-state index contributed by atoms with van der Waals surface area (Å²) in [6.45, 7) is 8.66. The Labute approximate surface area is 177 Å². The molecule has 0 spiro atoms. The average Bonchev–Trinajstić information content (AvgIpc) is 2.69. The monoisotopic (exact) mass is 412 g/mol. The topological polar surface area (TPSA) is 64.7 Å². The number of hydrogen-bond donors (Lipinski definition) is 2. The number of urea groups is 1. The Balaban J connectivity index is 1.60. The molecule has 1 aliphatic heterocycles. The number of benzene rings is 2. The molecule has 1 saturated heterocycles. The summed E-state index contributed by atoms with van der Waals surface area (Å²) in [4.78, 5) is 29.1. The van der Waals surface area contributed by atoms with Crippen LogP contribution in [-0.4, -0.2) is 53.5 Å². The summed E-state index contributed by atoms with van der Waals surface area (Å²) in [7, 11) is 0. The van der Waals surface area contributed by atoms with Gasteiger partial charge in [-0.1, -0.05) is 18.2 Å². The minimum atomic E-state index is -0.294. The van der Waals surface area contributed by atoms with Gasteiger partial charge >= 0.3 is 6.03 Å². The van der Waals surface area contributed by atoms with Gasteiger partial charge in [0.15, 0.2) is 0 Å². The zero-order chi connectivity index (χ0) is 21.7. The molecule has 1 heterocycles. The molecular weight excluding hydrogens is 383 g/mol. The van der Waals surface area contributed by atoms with Gasteiger partial charge in [-0.15, -0.1) is 0 Å². The standard InChI is InChI=1S/C23H29FN4O2/c1-16(2)25-23(30)26-21-6-4-5-19(13-21)22(29)28-12-11-27(14-17(28)3)15-18-7-9-20(24)10-8-18/h4-10,13,16-17H,11-12,14-15H2,1-3H3,(H2,25,26,30). The van der Waals surface area contributed by atoms with E-state index >= 15 is 0 Å². The largest absolute Gasteiger partial charge is 0.336 e. The molecule has 0 aromatic heterocycles. The van der Waals surface area contributed by atoms with E-state index < -0.39 is 0 Å². The number of anilines is 1. The van der Waals surface area contributed by atoms with Gasteiger partial charge in [-0.3, -0.25) is 9.69 Å². The van der Waals surface area contributed by atoms with E-state index in [1.807, 2.05) is 25.7 Å². The molecule has 1 aliphatic rings. The fraction of sp³-hybridized carbons (Fsp3) is 0.391. The van der Waals surface area contributed by atoms with E-state index in [1.165, 1.54) is 12.1 Å². The first-order valence-corrected chi connectivity index (χ1v) is 10.3. The van der Waals surface area contributed by atoms with Gasteiger partial charge in [0.1, 0.15) is 5.82 Å². The molecule has 0 saturated carbocycles. The molecule has 2 N–H and O–H groups in total. The van der Waals surface area contributed by atoms with E-state index in [0.717, 1.165) is 25.2 Å². The van der Waals surface area contributed by atoms with Crippen LogP contribution in [0.4, 0.5) is 14.9 Å². The molecule has 2 aromatic rings. The Kier molecular flexibility index (Phi) is 7.05. The van der Waals surface area contributed by atoms with Gasteiger partial charge in [-0.05, 0) is 56.7 Å². The molecule has 3 rings (SSSR count). The second kappa shape index (κ2) is 9.71. The molecule has 6 nitrogen and oxygen atoms in total. The van der Waals surface area contributed by atoms with Crippen molar-refractivity contribution in [3.63, 3.8) is 0 Å². The molecule has 160 valence electrons. The van der Waals surface area contributed by atoms with Gasteiger partial charge in [0.2, 0.25) is 0 Å². The Bertz CT molecular complexity index is 885. The first kappa shape index (κ1) is 21.8. The molecular formula is C23H29FN4O2. The van der Waals surface area contributed by atoms with Crippen LogP contribution in [0.15, 0.2) is 48.5 Å². The Hall–Kier alpha value is -2.93. The summed E-state index contributed by atoms with van der Waals surface area (Å²) < 4.78 is 13.1. The third-order valence-corrected chi connectivity index (χ3v) is 5.08. The normalized spacial score (nSPS) is 17.1. The number of nitrogens with one attached hydrogen (secondary N) is 2. The number of amides is 3. The zero-order valence-corrected chi connectivity index (χ0v) is 17.7. The number of rotatable bonds is 5. The SMILES string of the molecule is CC(C)NC(=O)Nc1cccc(C(=O)N2CCN(Cc3ccc(F)cc3)CC2C)c1. The van der Waals surface area contributed by atoms with Crippen LogP contribution in [0.3, 0.4) is 0 Å². The Morgan fingerprint density at radius 1 is 1.13 bits per heavy atom. The molecule has 1 unspecified atom stereocenters. The summed E-state index contributed by atoms with van der Waals surface area (Å²) in [5, 5.41) is 5.53. The van der Waals surface area contributed by atoms with Crippen molar-refractivity contribution in [2.24, 2.45) is 0 Å².